The van der Waals surface area contributed by atoms with Crippen LogP contribution in [0.2, 0.25) is 5.02 Å². The minimum absolute atomic E-state index is 0.0826. The molecule has 0 atom stereocenters. The van der Waals surface area contributed by atoms with Crippen LogP contribution >= 0.6 is 23.4 Å². The number of H-pyrrole nitrogens is 1. The molecule has 3 rings (SSSR count). The van der Waals surface area contributed by atoms with E-state index in [2.05, 4.69) is 20.5 Å². The fraction of sp³-hybridized carbons (Fsp3) is 0.167. The van der Waals surface area contributed by atoms with Crippen molar-refractivity contribution >= 4 is 29.3 Å². The Labute approximate surface area is 160 Å². The third-order valence-corrected chi connectivity index (χ3v) is 4.66. The van der Waals surface area contributed by atoms with Crippen molar-refractivity contribution in [3.63, 3.8) is 0 Å². The number of carbonyl (C=O) groups is 1. The lowest BCUT2D eigenvalue weighted by molar-refractivity contribution is -0.118. The number of hydrogen-bond acceptors (Lipinski definition) is 5. The molecule has 0 radical (unpaired) electrons. The number of methoxy groups -OCH3 is 1. The maximum atomic E-state index is 12.0. The van der Waals surface area contributed by atoms with Gasteiger partial charge in [-0.25, -0.2) is 4.98 Å². The highest BCUT2D eigenvalue weighted by Gasteiger charge is 2.09. The van der Waals surface area contributed by atoms with Crippen molar-refractivity contribution in [2.45, 2.75) is 11.7 Å². The number of nitrogens with one attached hydrogen (secondary N) is 2. The number of nitrogens with zero attached hydrogens (tertiary/aromatic N) is 2. The summed E-state index contributed by atoms with van der Waals surface area (Å²) in [6.45, 7) is 0.460. The van der Waals surface area contributed by atoms with Crippen LogP contribution in [-0.2, 0) is 11.3 Å². The smallest absolute Gasteiger partial charge is 0.230 e. The third-order valence-electron chi connectivity index (χ3n) is 3.56. The molecule has 0 aliphatic carbocycles. The Morgan fingerprint density at radius 1 is 1.19 bits per heavy atom. The molecule has 1 heterocycles. The van der Waals surface area contributed by atoms with Gasteiger partial charge >= 0.3 is 0 Å². The molecule has 2 aromatic carbocycles. The van der Waals surface area contributed by atoms with E-state index in [9.17, 15) is 4.79 Å². The van der Waals surface area contributed by atoms with E-state index in [0.717, 1.165) is 16.9 Å². The van der Waals surface area contributed by atoms with Crippen molar-refractivity contribution in [1.82, 2.24) is 20.5 Å². The highest BCUT2D eigenvalue weighted by atomic mass is 35.5. The summed E-state index contributed by atoms with van der Waals surface area (Å²) in [5, 5.41) is 11.1. The van der Waals surface area contributed by atoms with Gasteiger partial charge in [-0.1, -0.05) is 35.5 Å². The molecule has 0 saturated carbocycles. The van der Waals surface area contributed by atoms with E-state index in [1.165, 1.54) is 11.8 Å². The van der Waals surface area contributed by atoms with Crippen LogP contribution in [0.25, 0.3) is 11.4 Å². The van der Waals surface area contributed by atoms with Crippen LogP contribution in [0.4, 0.5) is 0 Å². The van der Waals surface area contributed by atoms with Gasteiger partial charge in [0.2, 0.25) is 11.1 Å². The van der Waals surface area contributed by atoms with E-state index in [4.69, 9.17) is 16.3 Å². The van der Waals surface area contributed by atoms with E-state index in [1.807, 2.05) is 36.4 Å². The van der Waals surface area contributed by atoms with Crippen molar-refractivity contribution in [1.29, 1.82) is 0 Å². The number of rotatable bonds is 7. The summed E-state index contributed by atoms with van der Waals surface area (Å²) >= 11 is 7.12. The first-order valence-electron chi connectivity index (χ1n) is 7.85. The zero-order chi connectivity index (χ0) is 18.4. The third kappa shape index (κ3) is 5.00. The van der Waals surface area contributed by atoms with Gasteiger partial charge in [0.25, 0.3) is 0 Å². The second kappa shape index (κ2) is 8.73. The predicted molar refractivity (Wildman–Crippen MR) is 102 cm³/mol. The average molecular weight is 389 g/mol. The first-order valence-corrected chi connectivity index (χ1v) is 9.21. The summed E-state index contributed by atoms with van der Waals surface area (Å²) in [4.78, 5) is 16.4. The highest BCUT2D eigenvalue weighted by molar-refractivity contribution is 7.99. The molecule has 0 unspecified atom stereocenters. The molecule has 3 aromatic rings. The monoisotopic (exact) mass is 388 g/mol. The molecule has 0 fully saturated rings. The van der Waals surface area contributed by atoms with Crippen LogP contribution < -0.4 is 10.1 Å². The van der Waals surface area contributed by atoms with Gasteiger partial charge in [-0.05, 0) is 42.0 Å². The van der Waals surface area contributed by atoms with E-state index in [0.29, 0.717) is 22.5 Å². The number of carbonyl (C=O) groups excluding carboxylic acids is 1. The average Bonchev–Trinajstić information content (AvgIpc) is 3.15. The van der Waals surface area contributed by atoms with Gasteiger partial charge in [0.15, 0.2) is 5.82 Å². The Kier molecular flexibility index (Phi) is 6.14. The highest BCUT2D eigenvalue weighted by Crippen LogP contribution is 2.21. The fourth-order valence-corrected chi connectivity index (χ4v) is 2.93. The zero-order valence-electron chi connectivity index (χ0n) is 14.0. The van der Waals surface area contributed by atoms with Gasteiger partial charge in [0.1, 0.15) is 5.75 Å². The number of ether oxygens (including phenoxy) is 1. The zero-order valence-corrected chi connectivity index (χ0v) is 15.6. The number of aromatic amines is 1. The van der Waals surface area contributed by atoms with Crippen molar-refractivity contribution in [2.24, 2.45) is 0 Å². The fourth-order valence-electron chi connectivity index (χ4n) is 2.17. The maximum absolute atomic E-state index is 12.0. The van der Waals surface area contributed by atoms with Gasteiger partial charge in [-0.3, -0.25) is 9.89 Å². The van der Waals surface area contributed by atoms with Gasteiger partial charge in [-0.15, -0.1) is 5.10 Å². The molecule has 134 valence electrons. The molecule has 2 N–H and O–H groups in total. The molecule has 0 saturated heterocycles. The second-order valence-corrected chi connectivity index (χ2v) is 6.77. The Balaban J connectivity index is 1.49. The SMILES string of the molecule is COc1ccc(-c2nc(SCC(=O)NCc3ccc(Cl)cc3)n[nH]2)cc1. The normalized spacial score (nSPS) is 10.5. The maximum Gasteiger partial charge on any atom is 0.230 e. The summed E-state index contributed by atoms with van der Waals surface area (Å²) in [7, 11) is 1.62. The summed E-state index contributed by atoms with van der Waals surface area (Å²) in [6.07, 6.45) is 0. The van der Waals surface area contributed by atoms with Gasteiger partial charge < -0.3 is 10.1 Å². The molecule has 6 nitrogen and oxygen atoms in total. The van der Waals surface area contributed by atoms with Crippen molar-refractivity contribution in [3.8, 4) is 17.1 Å². The van der Waals surface area contributed by atoms with E-state index in [-0.39, 0.29) is 11.7 Å². The summed E-state index contributed by atoms with van der Waals surface area (Å²) in [5.74, 6) is 1.59. The number of amides is 1. The lowest BCUT2D eigenvalue weighted by Gasteiger charge is -2.04. The lowest BCUT2D eigenvalue weighted by Crippen LogP contribution is -2.24. The number of benzene rings is 2. The van der Waals surface area contributed by atoms with Crippen molar-refractivity contribution in [2.75, 3.05) is 12.9 Å². The molecule has 0 aliphatic heterocycles. The molecule has 0 bridgehead atoms. The number of halogens is 1. The van der Waals surface area contributed by atoms with Crippen LogP contribution in [-0.4, -0.2) is 34.0 Å². The largest absolute Gasteiger partial charge is 0.497 e. The van der Waals surface area contributed by atoms with Crippen LogP contribution in [0.3, 0.4) is 0 Å². The molecular weight excluding hydrogens is 372 g/mol. The minimum atomic E-state index is -0.0826. The topological polar surface area (TPSA) is 79.9 Å². The Morgan fingerprint density at radius 3 is 2.62 bits per heavy atom. The molecule has 0 aliphatic rings. The van der Waals surface area contributed by atoms with E-state index < -0.39 is 0 Å². The van der Waals surface area contributed by atoms with Crippen LogP contribution in [0.5, 0.6) is 5.75 Å². The lowest BCUT2D eigenvalue weighted by atomic mass is 10.2. The molecule has 0 spiro atoms. The first-order chi connectivity index (χ1) is 12.6. The Morgan fingerprint density at radius 2 is 1.92 bits per heavy atom. The minimum Gasteiger partial charge on any atom is -0.497 e. The predicted octanol–water partition coefficient (Wildman–Crippen LogP) is 3.54. The van der Waals surface area contributed by atoms with Crippen LogP contribution in [0, 0.1) is 0 Å². The van der Waals surface area contributed by atoms with Crippen molar-refractivity contribution < 1.29 is 9.53 Å². The van der Waals surface area contributed by atoms with Gasteiger partial charge in [0.05, 0.1) is 12.9 Å². The molecular formula is C18H17ClN4O2S. The van der Waals surface area contributed by atoms with E-state index >= 15 is 0 Å². The number of hydrogen-bond donors (Lipinski definition) is 2. The first kappa shape index (κ1) is 18.3. The van der Waals surface area contributed by atoms with Gasteiger partial charge in [-0.2, -0.15) is 0 Å². The molecule has 26 heavy (non-hydrogen) atoms. The molecule has 1 amide bonds. The van der Waals surface area contributed by atoms with Crippen LogP contribution in [0.15, 0.2) is 53.7 Å². The summed E-state index contributed by atoms with van der Waals surface area (Å²) in [6, 6.07) is 14.9. The number of aromatic nitrogens is 3. The molecule has 1 aromatic heterocycles. The Hall–Kier alpha value is -2.51. The van der Waals surface area contributed by atoms with Gasteiger partial charge in [0, 0.05) is 17.1 Å². The molecule has 8 heteroatoms. The van der Waals surface area contributed by atoms with Crippen molar-refractivity contribution in [3.05, 3.63) is 59.1 Å². The number of thioether (sulfide) groups is 1. The second-order valence-electron chi connectivity index (χ2n) is 5.39. The standard InChI is InChI=1S/C18H17ClN4O2S/c1-25-15-8-4-13(5-9-15)17-21-18(23-22-17)26-11-16(24)20-10-12-2-6-14(19)7-3-12/h2-9H,10-11H2,1H3,(H,20,24)(H,21,22,23). The Bertz CT molecular complexity index is 866. The van der Waals surface area contributed by atoms with E-state index in [1.54, 1.807) is 19.2 Å². The quantitative estimate of drug-likeness (QED) is 0.605. The summed E-state index contributed by atoms with van der Waals surface area (Å²) in [5.41, 5.74) is 1.89. The van der Waals surface area contributed by atoms with Crippen LogP contribution in [0.1, 0.15) is 5.56 Å². The summed E-state index contributed by atoms with van der Waals surface area (Å²) < 4.78 is 5.13.